The summed E-state index contributed by atoms with van der Waals surface area (Å²) in [5, 5.41) is 4.13. The van der Waals surface area contributed by atoms with Crippen LogP contribution < -0.4 is 11.3 Å². The van der Waals surface area contributed by atoms with Crippen LogP contribution in [-0.2, 0) is 0 Å². The van der Waals surface area contributed by atoms with E-state index in [-0.39, 0.29) is 6.04 Å². The van der Waals surface area contributed by atoms with Crippen LogP contribution in [0.3, 0.4) is 0 Å². The van der Waals surface area contributed by atoms with Crippen LogP contribution in [-0.4, -0.2) is 0 Å². The van der Waals surface area contributed by atoms with Gasteiger partial charge in [0.2, 0.25) is 0 Å². The van der Waals surface area contributed by atoms with Gasteiger partial charge in [-0.1, -0.05) is 41.9 Å². The predicted octanol–water partition coefficient (Wildman–Crippen LogP) is 4.42. The number of nitrogens with one attached hydrogen (secondary N) is 1. The highest BCUT2D eigenvalue weighted by atomic mass is 35.5. The van der Waals surface area contributed by atoms with E-state index in [1.807, 2.05) is 19.1 Å². The lowest BCUT2D eigenvalue weighted by molar-refractivity contribution is 0.641. The molecule has 0 saturated carbocycles. The number of fused-ring (bicyclic) bond motifs is 1. The van der Waals surface area contributed by atoms with E-state index in [0.29, 0.717) is 0 Å². The number of rotatable bonds is 3. The highest BCUT2D eigenvalue weighted by molar-refractivity contribution is 7.17. The molecule has 3 N–H and O–H groups in total. The molecule has 20 heavy (non-hydrogen) atoms. The molecule has 2 nitrogen and oxygen atoms in total. The van der Waals surface area contributed by atoms with Crippen LogP contribution in [0.1, 0.15) is 22.7 Å². The van der Waals surface area contributed by atoms with Crippen molar-refractivity contribution in [2.24, 2.45) is 5.84 Å². The Balaban J connectivity index is 2.13. The van der Waals surface area contributed by atoms with Gasteiger partial charge in [-0.3, -0.25) is 5.84 Å². The minimum Gasteiger partial charge on any atom is -0.271 e. The standard InChI is InChI=1S/C16H15ClN2S/c1-10-9-12(5-6-14(10)17)15(19-18)13-4-2-3-11-7-8-20-16(11)13/h2-9,15,19H,18H2,1H3. The summed E-state index contributed by atoms with van der Waals surface area (Å²) in [5.41, 5.74) is 6.30. The predicted molar refractivity (Wildman–Crippen MR) is 87.2 cm³/mol. The number of halogens is 1. The number of hydrogen-bond donors (Lipinski definition) is 2. The second kappa shape index (κ2) is 5.54. The van der Waals surface area contributed by atoms with Gasteiger partial charge in [-0.25, -0.2) is 5.43 Å². The molecule has 4 heteroatoms. The number of nitrogens with two attached hydrogens (primary N) is 1. The fourth-order valence-corrected chi connectivity index (χ4v) is 3.52. The third-order valence-corrected chi connectivity index (χ3v) is 4.91. The first kappa shape index (κ1) is 13.6. The van der Waals surface area contributed by atoms with Gasteiger partial charge in [0.15, 0.2) is 0 Å². The van der Waals surface area contributed by atoms with E-state index in [4.69, 9.17) is 17.4 Å². The SMILES string of the molecule is Cc1cc(C(NN)c2cccc3ccsc23)ccc1Cl. The molecule has 3 rings (SSSR count). The summed E-state index contributed by atoms with van der Waals surface area (Å²) < 4.78 is 1.27. The average Bonchev–Trinajstić information content (AvgIpc) is 2.93. The van der Waals surface area contributed by atoms with Crippen LogP contribution in [0.15, 0.2) is 47.8 Å². The molecule has 0 radical (unpaired) electrons. The molecule has 0 aliphatic rings. The van der Waals surface area contributed by atoms with Crippen LogP contribution in [0.4, 0.5) is 0 Å². The minimum atomic E-state index is -0.0340. The molecule has 1 unspecified atom stereocenters. The Morgan fingerprint density at radius 1 is 1.20 bits per heavy atom. The first-order valence-corrected chi connectivity index (χ1v) is 7.65. The van der Waals surface area contributed by atoms with Gasteiger partial charge in [0.1, 0.15) is 0 Å². The zero-order valence-electron chi connectivity index (χ0n) is 11.1. The van der Waals surface area contributed by atoms with E-state index >= 15 is 0 Å². The van der Waals surface area contributed by atoms with Gasteiger partial charge in [0.25, 0.3) is 0 Å². The second-order valence-corrected chi connectivity index (χ2v) is 6.12. The molecular formula is C16H15ClN2S. The molecular weight excluding hydrogens is 288 g/mol. The van der Waals surface area contributed by atoms with Crippen molar-refractivity contribution in [1.82, 2.24) is 5.43 Å². The van der Waals surface area contributed by atoms with Crippen LogP contribution in [0.2, 0.25) is 5.02 Å². The van der Waals surface area contributed by atoms with Crippen molar-refractivity contribution in [2.45, 2.75) is 13.0 Å². The quantitative estimate of drug-likeness (QED) is 0.555. The third-order valence-electron chi connectivity index (χ3n) is 3.50. The monoisotopic (exact) mass is 302 g/mol. The summed E-state index contributed by atoms with van der Waals surface area (Å²) in [4.78, 5) is 0. The van der Waals surface area contributed by atoms with Crippen molar-refractivity contribution in [3.63, 3.8) is 0 Å². The molecule has 0 amide bonds. The molecule has 1 heterocycles. The Bertz CT molecular complexity index is 751. The maximum absolute atomic E-state index is 6.10. The van der Waals surface area contributed by atoms with Gasteiger partial charge in [-0.2, -0.15) is 0 Å². The van der Waals surface area contributed by atoms with Gasteiger partial charge in [-0.05, 0) is 46.5 Å². The molecule has 3 aromatic rings. The summed E-state index contributed by atoms with van der Waals surface area (Å²) >= 11 is 7.84. The summed E-state index contributed by atoms with van der Waals surface area (Å²) in [6.07, 6.45) is 0. The fourth-order valence-electron chi connectivity index (χ4n) is 2.46. The smallest absolute Gasteiger partial charge is 0.0724 e. The molecule has 0 saturated heterocycles. The van der Waals surface area contributed by atoms with Crippen molar-refractivity contribution in [2.75, 3.05) is 0 Å². The minimum absolute atomic E-state index is 0.0340. The van der Waals surface area contributed by atoms with Crippen LogP contribution in [0.5, 0.6) is 0 Å². The highest BCUT2D eigenvalue weighted by Crippen LogP contribution is 2.33. The lowest BCUT2D eigenvalue weighted by atomic mass is 9.97. The molecule has 0 bridgehead atoms. The zero-order valence-corrected chi connectivity index (χ0v) is 12.6. The summed E-state index contributed by atoms with van der Waals surface area (Å²) in [7, 11) is 0. The lowest BCUT2D eigenvalue weighted by Gasteiger charge is -2.18. The van der Waals surface area contributed by atoms with Gasteiger partial charge < -0.3 is 0 Å². The van der Waals surface area contributed by atoms with E-state index in [1.54, 1.807) is 11.3 Å². The Hall–Kier alpha value is -1.39. The van der Waals surface area contributed by atoms with Gasteiger partial charge in [0.05, 0.1) is 6.04 Å². The van der Waals surface area contributed by atoms with Gasteiger partial charge in [-0.15, -0.1) is 11.3 Å². The Morgan fingerprint density at radius 3 is 2.80 bits per heavy atom. The first-order valence-electron chi connectivity index (χ1n) is 6.39. The Labute approximate surface area is 127 Å². The average molecular weight is 303 g/mol. The fraction of sp³-hybridized carbons (Fsp3) is 0.125. The van der Waals surface area contributed by atoms with E-state index < -0.39 is 0 Å². The molecule has 0 aliphatic heterocycles. The summed E-state index contributed by atoms with van der Waals surface area (Å²) in [5.74, 6) is 5.81. The molecule has 2 aromatic carbocycles. The van der Waals surface area contributed by atoms with Crippen molar-refractivity contribution < 1.29 is 0 Å². The molecule has 1 aromatic heterocycles. The lowest BCUT2D eigenvalue weighted by Crippen LogP contribution is -2.28. The van der Waals surface area contributed by atoms with E-state index in [0.717, 1.165) is 16.1 Å². The van der Waals surface area contributed by atoms with E-state index in [9.17, 15) is 0 Å². The Morgan fingerprint density at radius 2 is 2.05 bits per heavy atom. The van der Waals surface area contributed by atoms with Crippen LogP contribution in [0.25, 0.3) is 10.1 Å². The number of hydrogen-bond acceptors (Lipinski definition) is 3. The van der Waals surface area contributed by atoms with E-state index in [2.05, 4.69) is 41.1 Å². The Kier molecular flexibility index (Phi) is 3.76. The first-order chi connectivity index (χ1) is 9.70. The third kappa shape index (κ3) is 2.34. The normalized spacial score (nSPS) is 12.8. The number of hydrazine groups is 1. The van der Waals surface area contributed by atoms with Crippen molar-refractivity contribution >= 4 is 33.0 Å². The molecule has 0 aliphatic carbocycles. The van der Waals surface area contributed by atoms with Crippen molar-refractivity contribution in [1.29, 1.82) is 0 Å². The summed E-state index contributed by atoms with van der Waals surface area (Å²) in [6.45, 7) is 2.01. The molecule has 102 valence electrons. The van der Waals surface area contributed by atoms with E-state index in [1.165, 1.54) is 15.6 Å². The molecule has 0 spiro atoms. The van der Waals surface area contributed by atoms with Crippen LogP contribution in [0, 0.1) is 6.92 Å². The van der Waals surface area contributed by atoms with Crippen molar-refractivity contribution in [3.8, 4) is 0 Å². The number of benzene rings is 2. The molecule has 0 fully saturated rings. The number of thiophene rings is 1. The zero-order chi connectivity index (χ0) is 14.1. The van der Waals surface area contributed by atoms with Crippen LogP contribution >= 0.6 is 22.9 Å². The largest absolute Gasteiger partial charge is 0.271 e. The molecule has 1 atom stereocenters. The summed E-state index contributed by atoms with van der Waals surface area (Å²) in [6, 6.07) is 14.4. The maximum atomic E-state index is 6.10. The van der Waals surface area contributed by atoms with Gasteiger partial charge >= 0.3 is 0 Å². The van der Waals surface area contributed by atoms with Gasteiger partial charge in [0, 0.05) is 9.72 Å². The maximum Gasteiger partial charge on any atom is 0.0724 e. The second-order valence-electron chi connectivity index (χ2n) is 4.79. The highest BCUT2D eigenvalue weighted by Gasteiger charge is 2.16. The topological polar surface area (TPSA) is 38.0 Å². The van der Waals surface area contributed by atoms with Crippen molar-refractivity contribution in [3.05, 3.63) is 69.6 Å². The number of aryl methyl sites for hydroxylation is 1.